The van der Waals surface area contributed by atoms with Crippen molar-refractivity contribution in [3.05, 3.63) is 48.6 Å². The summed E-state index contributed by atoms with van der Waals surface area (Å²) in [6.45, 7) is 6.63. The van der Waals surface area contributed by atoms with Crippen LogP contribution in [0.1, 0.15) is 348 Å². The van der Waals surface area contributed by atoms with Crippen LogP contribution in [0.15, 0.2) is 48.6 Å². The third kappa shape index (κ3) is 60.2. The highest BCUT2D eigenvalue weighted by Crippen LogP contribution is 2.17. The van der Waals surface area contributed by atoms with Gasteiger partial charge in [-0.25, -0.2) is 0 Å². The maximum atomic E-state index is 12.8. The molecule has 0 bridgehead atoms. The first-order valence-electron chi connectivity index (χ1n) is 32.6. The predicted octanol–water partition coefficient (Wildman–Crippen LogP) is 22.2. The second-order valence-corrected chi connectivity index (χ2v) is 22.0. The minimum atomic E-state index is -0.772. The fourth-order valence-electron chi connectivity index (χ4n) is 9.62. The van der Waals surface area contributed by atoms with Gasteiger partial charge in [0.15, 0.2) is 6.10 Å². The third-order valence-corrected chi connectivity index (χ3v) is 14.6. The van der Waals surface area contributed by atoms with Gasteiger partial charge >= 0.3 is 17.9 Å². The summed E-state index contributed by atoms with van der Waals surface area (Å²) in [7, 11) is 0. The molecule has 0 radical (unpaired) electrons. The molecule has 432 valence electrons. The first-order valence-corrected chi connectivity index (χ1v) is 32.6. The molecule has 0 heterocycles. The number of hydrogen-bond donors (Lipinski definition) is 0. The van der Waals surface area contributed by atoms with Crippen LogP contribution < -0.4 is 0 Å². The van der Waals surface area contributed by atoms with Gasteiger partial charge in [-0.2, -0.15) is 0 Å². The van der Waals surface area contributed by atoms with E-state index in [9.17, 15) is 14.4 Å². The minimum Gasteiger partial charge on any atom is -0.462 e. The number of esters is 3. The highest BCUT2D eigenvalue weighted by atomic mass is 16.6. The van der Waals surface area contributed by atoms with Gasteiger partial charge in [-0.3, -0.25) is 14.4 Å². The lowest BCUT2D eigenvalue weighted by atomic mass is 10.0. The van der Waals surface area contributed by atoms with Crippen LogP contribution in [0.4, 0.5) is 0 Å². The smallest absolute Gasteiger partial charge is 0.306 e. The molecule has 0 N–H and O–H groups in total. The monoisotopic (exact) mass is 1040 g/mol. The second-order valence-electron chi connectivity index (χ2n) is 22.0. The number of carbonyl (C=O) groups excluding carboxylic acids is 3. The topological polar surface area (TPSA) is 78.9 Å². The van der Waals surface area contributed by atoms with Crippen LogP contribution in [0.3, 0.4) is 0 Å². The van der Waals surface area contributed by atoms with Gasteiger partial charge in [0.05, 0.1) is 0 Å². The zero-order valence-electron chi connectivity index (χ0n) is 49.6. The van der Waals surface area contributed by atoms with E-state index in [1.807, 2.05) is 0 Å². The summed E-state index contributed by atoms with van der Waals surface area (Å²) in [5, 5.41) is 0. The Balaban J connectivity index is 4.01. The van der Waals surface area contributed by atoms with Crippen molar-refractivity contribution >= 4 is 17.9 Å². The Morgan fingerprint density at radius 2 is 0.486 bits per heavy atom. The van der Waals surface area contributed by atoms with Gasteiger partial charge < -0.3 is 14.2 Å². The molecule has 0 aliphatic rings. The molecule has 74 heavy (non-hydrogen) atoms. The van der Waals surface area contributed by atoms with E-state index < -0.39 is 6.10 Å². The molecule has 0 amide bonds. The average Bonchev–Trinajstić information content (AvgIpc) is 3.40. The Kier molecular flexibility index (Phi) is 60.7. The summed E-state index contributed by atoms with van der Waals surface area (Å²) in [4.78, 5) is 38.1. The van der Waals surface area contributed by atoms with Crippen molar-refractivity contribution in [1.82, 2.24) is 0 Å². The first-order chi connectivity index (χ1) is 36.5. The van der Waals surface area contributed by atoms with Gasteiger partial charge in [-0.1, -0.05) is 294 Å². The van der Waals surface area contributed by atoms with Gasteiger partial charge in [0.2, 0.25) is 0 Å². The van der Waals surface area contributed by atoms with E-state index in [1.165, 1.54) is 231 Å². The average molecular weight is 1040 g/mol. The molecule has 0 saturated carbocycles. The number of rotatable bonds is 60. The Bertz CT molecular complexity index is 1280. The van der Waals surface area contributed by atoms with Crippen LogP contribution in [-0.2, 0) is 28.6 Å². The van der Waals surface area contributed by atoms with E-state index in [2.05, 4.69) is 69.4 Å². The van der Waals surface area contributed by atoms with Crippen molar-refractivity contribution in [1.29, 1.82) is 0 Å². The molecule has 0 aliphatic heterocycles. The fraction of sp³-hybridized carbons (Fsp3) is 0.838. The Labute approximate surface area is 460 Å². The Morgan fingerprint density at radius 3 is 0.770 bits per heavy atom. The van der Waals surface area contributed by atoms with E-state index in [0.29, 0.717) is 19.3 Å². The van der Waals surface area contributed by atoms with Gasteiger partial charge in [0.25, 0.3) is 0 Å². The number of allylic oxidation sites excluding steroid dienone is 8. The summed E-state index contributed by atoms with van der Waals surface area (Å²) < 4.78 is 16.8. The number of ether oxygens (including phenoxy) is 3. The van der Waals surface area contributed by atoms with Crippen LogP contribution in [-0.4, -0.2) is 37.2 Å². The molecule has 0 rings (SSSR count). The standard InChI is InChI=1S/C68H124O6/c1-4-7-10-13-16-19-21-23-25-26-27-28-29-30-31-32-33-34-35-36-37-38-39-40-41-42-44-45-47-49-52-55-58-61-67(70)73-64-65(63-72-66(69)60-57-54-51-18-15-12-9-6-3)74-68(71)62-59-56-53-50-48-46-43-24-22-20-17-14-11-8-5-2/h21,23-24,26-27,29-30,43,65H,4-20,22,25,28,31-42,44-64H2,1-3H3/b23-21-,27-26-,30-29-,43-24-. The largest absolute Gasteiger partial charge is 0.462 e. The van der Waals surface area contributed by atoms with Crippen LogP contribution in [0.2, 0.25) is 0 Å². The number of carbonyl (C=O) groups is 3. The summed E-state index contributed by atoms with van der Waals surface area (Å²) in [5.41, 5.74) is 0. The number of hydrogen-bond acceptors (Lipinski definition) is 6. The van der Waals surface area contributed by atoms with Crippen molar-refractivity contribution in [2.24, 2.45) is 0 Å². The zero-order valence-corrected chi connectivity index (χ0v) is 49.6. The maximum absolute atomic E-state index is 12.8. The normalized spacial score (nSPS) is 12.3. The van der Waals surface area contributed by atoms with Crippen molar-refractivity contribution in [3.63, 3.8) is 0 Å². The van der Waals surface area contributed by atoms with E-state index in [-0.39, 0.29) is 31.1 Å². The fourth-order valence-corrected chi connectivity index (χ4v) is 9.62. The van der Waals surface area contributed by atoms with Gasteiger partial charge in [0.1, 0.15) is 13.2 Å². The van der Waals surface area contributed by atoms with Crippen molar-refractivity contribution in [2.75, 3.05) is 13.2 Å². The molecule has 1 unspecified atom stereocenters. The van der Waals surface area contributed by atoms with Crippen LogP contribution >= 0.6 is 0 Å². The van der Waals surface area contributed by atoms with Gasteiger partial charge in [-0.15, -0.1) is 0 Å². The Hall–Kier alpha value is -2.63. The van der Waals surface area contributed by atoms with Crippen molar-refractivity contribution < 1.29 is 28.6 Å². The third-order valence-electron chi connectivity index (χ3n) is 14.6. The van der Waals surface area contributed by atoms with Crippen molar-refractivity contribution in [2.45, 2.75) is 354 Å². The van der Waals surface area contributed by atoms with E-state index in [4.69, 9.17) is 14.2 Å². The second kappa shape index (κ2) is 62.9. The molecular formula is C68H124O6. The molecule has 0 fully saturated rings. The summed E-state index contributed by atoms with van der Waals surface area (Å²) in [6, 6.07) is 0. The van der Waals surface area contributed by atoms with Gasteiger partial charge in [-0.05, 0) is 83.5 Å². The molecule has 0 saturated heterocycles. The SMILES string of the molecule is CCCCCCC/C=C\C/C=C\C/C=C\CCCCCCCCCCCCCCCCCCCCC(=O)OCC(COC(=O)CCCCCCCCCC)OC(=O)CCCCCCC/C=C\CCCCCCCC. The first kappa shape index (κ1) is 71.4. The van der Waals surface area contributed by atoms with Crippen molar-refractivity contribution in [3.8, 4) is 0 Å². The van der Waals surface area contributed by atoms with E-state index in [1.54, 1.807) is 0 Å². The molecule has 0 aromatic carbocycles. The van der Waals surface area contributed by atoms with E-state index in [0.717, 1.165) is 77.0 Å². The maximum Gasteiger partial charge on any atom is 0.306 e. The molecule has 0 aromatic rings. The quantitative estimate of drug-likeness (QED) is 0.0261. The van der Waals surface area contributed by atoms with Crippen LogP contribution in [0.25, 0.3) is 0 Å². The molecule has 0 aliphatic carbocycles. The summed E-state index contributed by atoms with van der Waals surface area (Å²) >= 11 is 0. The highest BCUT2D eigenvalue weighted by Gasteiger charge is 2.19. The van der Waals surface area contributed by atoms with Gasteiger partial charge in [0, 0.05) is 19.3 Å². The minimum absolute atomic E-state index is 0.0719. The molecule has 0 aromatic heterocycles. The summed E-state index contributed by atoms with van der Waals surface area (Å²) in [6.07, 6.45) is 78.7. The van der Waals surface area contributed by atoms with Crippen LogP contribution in [0, 0.1) is 0 Å². The molecule has 1 atom stereocenters. The summed E-state index contributed by atoms with van der Waals surface area (Å²) in [5.74, 6) is -0.867. The number of unbranched alkanes of at least 4 members (excludes halogenated alkanes) is 41. The Morgan fingerprint density at radius 1 is 0.270 bits per heavy atom. The molecule has 6 nitrogen and oxygen atoms in total. The lowest BCUT2D eigenvalue weighted by molar-refractivity contribution is -0.167. The lowest BCUT2D eigenvalue weighted by Gasteiger charge is -2.18. The molecule has 6 heteroatoms. The molecule has 0 spiro atoms. The lowest BCUT2D eigenvalue weighted by Crippen LogP contribution is -2.30. The van der Waals surface area contributed by atoms with Crippen LogP contribution in [0.5, 0.6) is 0 Å². The highest BCUT2D eigenvalue weighted by molar-refractivity contribution is 5.71. The zero-order chi connectivity index (χ0) is 53.6. The predicted molar refractivity (Wildman–Crippen MR) is 321 cm³/mol. The van der Waals surface area contributed by atoms with E-state index >= 15 is 0 Å². The molecular weight excluding hydrogens is 913 g/mol.